The molecule has 0 radical (unpaired) electrons. The SMILES string of the molecule is COc1ccc2c(c1)OCCC(c1cc(OC)ccc1OC)C2=O. The molecule has 0 N–H and O–H groups in total. The molecule has 5 nitrogen and oxygen atoms in total. The number of ketones is 1. The predicted molar refractivity (Wildman–Crippen MR) is 89.7 cm³/mol. The fourth-order valence-electron chi connectivity index (χ4n) is 2.97. The van der Waals surface area contributed by atoms with Crippen LogP contribution in [0.2, 0.25) is 0 Å². The Morgan fingerprint density at radius 2 is 1.67 bits per heavy atom. The van der Waals surface area contributed by atoms with Crippen LogP contribution in [0.4, 0.5) is 0 Å². The lowest BCUT2D eigenvalue weighted by molar-refractivity contribution is 0.0956. The first-order valence-corrected chi connectivity index (χ1v) is 7.75. The van der Waals surface area contributed by atoms with Gasteiger partial charge in [-0.15, -0.1) is 0 Å². The summed E-state index contributed by atoms with van der Waals surface area (Å²) >= 11 is 0. The van der Waals surface area contributed by atoms with E-state index in [2.05, 4.69) is 0 Å². The molecule has 0 bridgehead atoms. The second kappa shape index (κ2) is 6.83. The molecule has 5 heteroatoms. The van der Waals surface area contributed by atoms with Crippen molar-refractivity contribution in [2.45, 2.75) is 12.3 Å². The van der Waals surface area contributed by atoms with Crippen molar-refractivity contribution < 1.29 is 23.7 Å². The Hall–Kier alpha value is -2.69. The Bertz CT molecular complexity index is 753. The summed E-state index contributed by atoms with van der Waals surface area (Å²) in [6.45, 7) is 0.441. The van der Waals surface area contributed by atoms with Crippen molar-refractivity contribution in [1.29, 1.82) is 0 Å². The second-order valence-electron chi connectivity index (χ2n) is 5.52. The van der Waals surface area contributed by atoms with E-state index in [0.717, 1.165) is 5.56 Å². The summed E-state index contributed by atoms with van der Waals surface area (Å²) in [5.74, 6) is 2.26. The molecule has 126 valence electrons. The third kappa shape index (κ3) is 2.89. The van der Waals surface area contributed by atoms with Gasteiger partial charge in [-0.3, -0.25) is 4.79 Å². The van der Waals surface area contributed by atoms with Gasteiger partial charge in [-0.05, 0) is 36.8 Å². The van der Waals surface area contributed by atoms with E-state index in [1.807, 2.05) is 18.2 Å². The maximum atomic E-state index is 13.1. The van der Waals surface area contributed by atoms with Gasteiger partial charge in [0.15, 0.2) is 5.78 Å². The monoisotopic (exact) mass is 328 g/mol. The zero-order chi connectivity index (χ0) is 17.1. The minimum Gasteiger partial charge on any atom is -0.497 e. The maximum absolute atomic E-state index is 13.1. The Labute approximate surface area is 141 Å². The maximum Gasteiger partial charge on any atom is 0.174 e. The number of ether oxygens (including phenoxy) is 4. The van der Waals surface area contributed by atoms with Crippen LogP contribution in [-0.2, 0) is 0 Å². The summed E-state index contributed by atoms with van der Waals surface area (Å²) in [5.41, 5.74) is 1.37. The highest BCUT2D eigenvalue weighted by molar-refractivity contribution is 6.04. The molecule has 0 spiro atoms. The first kappa shape index (κ1) is 16.2. The average molecular weight is 328 g/mol. The van der Waals surface area contributed by atoms with Crippen molar-refractivity contribution in [2.75, 3.05) is 27.9 Å². The summed E-state index contributed by atoms with van der Waals surface area (Å²) in [6.07, 6.45) is 0.569. The van der Waals surface area contributed by atoms with Gasteiger partial charge in [0.05, 0.1) is 39.4 Å². The van der Waals surface area contributed by atoms with E-state index < -0.39 is 0 Å². The highest BCUT2D eigenvalue weighted by atomic mass is 16.5. The van der Waals surface area contributed by atoms with Crippen molar-refractivity contribution in [3.8, 4) is 23.0 Å². The minimum atomic E-state index is -0.343. The number of carbonyl (C=O) groups excluding carboxylic acids is 1. The Kier molecular flexibility index (Phi) is 4.60. The van der Waals surface area contributed by atoms with Gasteiger partial charge in [0.1, 0.15) is 23.0 Å². The largest absolute Gasteiger partial charge is 0.497 e. The van der Waals surface area contributed by atoms with E-state index >= 15 is 0 Å². The lowest BCUT2D eigenvalue weighted by Gasteiger charge is -2.17. The summed E-state index contributed by atoms with van der Waals surface area (Å²) in [5, 5.41) is 0. The molecule has 2 aromatic rings. The molecular formula is C19H20O5. The van der Waals surface area contributed by atoms with E-state index in [-0.39, 0.29) is 11.7 Å². The Balaban J connectivity index is 2.04. The normalized spacial score (nSPS) is 16.6. The highest BCUT2D eigenvalue weighted by Gasteiger charge is 2.30. The molecule has 0 amide bonds. The van der Waals surface area contributed by atoms with Gasteiger partial charge >= 0.3 is 0 Å². The molecule has 0 aromatic heterocycles. The fourth-order valence-corrected chi connectivity index (χ4v) is 2.97. The van der Waals surface area contributed by atoms with Gasteiger partial charge in [-0.1, -0.05) is 0 Å². The van der Waals surface area contributed by atoms with Crippen molar-refractivity contribution >= 4 is 5.78 Å². The summed E-state index contributed by atoms with van der Waals surface area (Å²) < 4.78 is 21.7. The summed E-state index contributed by atoms with van der Waals surface area (Å²) in [7, 11) is 4.79. The van der Waals surface area contributed by atoms with Crippen LogP contribution in [0.1, 0.15) is 28.3 Å². The Morgan fingerprint density at radius 1 is 0.958 bits per heavy atom. The molecule has 1 atom stereocenters. The molecule has 0 aliphatic carbocycles. The molecule has 24 heavy (non-hydrogen) atoms. The average Bonchev–Trinajstić information content (AvgIpc) is 2.79. The zero-order valence-corrected chi connectivity index (χ0v) is 14.0. The number of carbonyl (C=O) groups is 1. The minimum absolute atomic E-state index is 0.0108. The molecular weight excluding hydrogens is 308 g/mol. The second-order valence-corrected chi connectivity index (χ2v) is 5.52. The number of hydrogen-bond acceptors (Lipinski definition) is 5. The van der Waals surface area contributed by atoms with Crippen LogP contribution in [-0.4, -0.2) is 33.7 Å². The Morgan fingerprint density at radius 3 is 2.38 bits per heavy atom. The van der Waals surface area contributed by atoms with Crippen LogP contribution in [0.5, 0.6) is 23.0 Å². The van der Waals surface area contributed by atoms with Crippen LogP contribution in [0.3, 0.4) is 0 Å². The molecule has 1 unspecified atom stereocenters. The fraction of sp³-hybridized carbons (Fsp3) is 0.316. The van der Waals surface area contributed by atoms with Crippen LogP contribution >= 0.6 is 0 Å². The lowest BCUT2D eigenvalue weighted by atomic mass is 9.88. The van der Waals surface area contributed by atoms with Gasteiger partial charge in [0.2, 0.25) is 0 Å². The third-order valence-corrected chi connectivity index (χ3v) is 4.25. The number of fused-ring (bicyclic) bond motifs is 1. The van der Waals surface area contributed by atoms with Crippen LogP contribution < -0.4 is 18.9 Å². The van der Waals surface area contributed by atoms with Crippen molar-refractivity contribution in [2.24, 2.45) is 0 Å². The molecule has 2 aromatic carbocycles. The number of Topliss-reactive ketones (excluding diaryl/α,β-unsaturated/α-hetero) is 1. The van der Waals surface area contributed by atoms with Crippen molar-refractivity contribution in [3.63, 3.8) is 0 Å². The molecule has 1 aliphatic heterocycles. The first-order chi connectivity index (χ1) is 11.7. The molecule has 0 fully saturated rings. The summed E-state index contributed by atoms with van der Waals surface area (Å²) in [6, 6.07) is 10.8. The zero-order valence-electron chi connectivity index (χ0n) is 14.0. The molecule has 3 rings (SSSR count). The van der Waals surface area contributed by atoms with Gasteiger partial charge in [-0.2, -0.15) is 0 Å². The summed E-state index contributed by atoms with van der Waals surface area (Å²) in [4.78, 5) is 13.1. The van der Waals surface area contributed by atoms with Gasteiger partial charge in [0.25, 0.3) is 0 Å². The van der Waals surface area contributed by atoms with Crippen LogP contribution in [0, 0.1) is 0 Å². The number of rotatable bonds is 4. The number of hydrogen-bond donors (Lipinski definition) is 0. The van der Waals surface area contributed by atoms with E-state index in [9.17, 15) is 4.79 Å². The third-order valence-electron chi connectivity index (χ3n) is 4.25. The van der Waals surface area contributed by atoms with Crippen LogP contribution in [0.15, 0.2) is 36.4 Å². The molecule has 0 saturated heterocycles. The number of methoxy groups -OCH3 is 3. The molecule has 1 heterocycles. The quantitative estimate of drug-likeness (QED) is 0.860. The van der Waals surface area contributed by atoms with Gasteiger partial charge in [0, 0.05) is 11.6 Å². The van der Waals surface area contributed by atoms with Crippen molar-refractivity contribution in [1.82, 2.24) is 0 Å². The number of benzene rings is 2. The highest BCUT2D eigenvalue weighted by Crippen LogP contribution is 2.39. The topological polar surface area (TPSA) is 54.0 Å². The van der Waals surface area contributed by atoms with E-state index in [0.29, 0.717) is 41.6 Å². The lowest BCUT2D eigenvalue weighted by Crippen LogP contribution is -2.13. The first-order valence-electron chi connectivity index (χ1n) is 7.75. The van der Waals surface area contributed by atoms with E-state index in [1.54, 1.807) is 39.5 Å². The van der Waals surface area contributed by atoms with Gasteiger partial charge < -0.3 is 18.9 Å². The van der Waals surface area contributed by atoms with E-state index in [1.165, 1.54) is 0 Å². The van der Waals surface area contributed by atoms with Crippen LogP contribution in [0.25, 0.3) is 0 Å². The van der Waals surface area contributed by atoms with Gasteiger partial charge in [-0.25, -0.2) is 0 Å². The standard InChI is InChI=1S/C19H20O5/c1-21-12-5-7-17(23-3)16(10-12)14-8-9-24-18-11-13(22-2)4-6-15(18)19(14)20/h4-7,10-11,14H,8-9H2,1-3H3. The molecule has 0 saturated carbocycles. The van der Waals surface area contributed by atoms with E-state index in [4.69, 9.17) is 18.9 Å². The molecule has 1 aliphatic rings. The van der Waals surface area contributed by atoms with Crippen molar-refractivity contribution in [3.05, 3.63) is 47.5 Å². The smallest absolute Gasteiger partial charge is 0.174 e. The predicted octanol–water partition coefficient (Wildman–Crippen LogP) is 3.46.